The quantitative estimate of drug-likeness (QED) is 0.166. The Morgan fingerprint density at radius 1 is 0.636 bits per heavy atom. The molecule has 0 spiro atoms. The van der Waals surface area contributed by atoms with Gasteiger partial charge in [0, 0.05) is 37.4 Å². The summed E-state index contributed by atoms with van der Waals surface area (Å²) in [6.45, 7) is 0. The molecule has 5 aromatic carbocycles. The average molecular weight is 635 g/mol. The number of fused-ring (bicyclic) bond motifs is 4. The van der Waals surface area contributed by atoms with Crippen molar-refractivity contribution in [3.63, 3.8) is 0 Å². The van der Waals surface area contributed by atoms with Crippen molar-refractivity contribution in [2.75, 3.05) is 0 Å². The van der Waals surface area contributed by atoms with Gasteiger partial charge in [-0.1, -0.05) is 101 Å². The summed E-state index contributed by atoms with van der Waals surface area (Å²) in [6.07, 6.45) is 6.43. The lowest BCUT2D eigenvalue weighted by Gasteiger charge is -2.17. The number of H-pyrrole nitrogens is 1. The molecule has 3 N–H and O–H groups in total. The monoisotopic (exact) mass is 634 g/mol. The van der Waals surface area contributed by atoms with Crippen molar-refractivity contribution in [2.45, 2.75) is 12.8 Å². The zero-order valence-electron chi connectivity index (χ0n) is 23.8. The Morgan fingerprint density at radius 3 is 2.14 bits per heavy atom. The van der Waals surface area contributed by atoms with Crippen molar-refractivity contribution in [3.05, 3.63) is 143 Å². The summed E-state index contributed by atoms with van der Waals surface area (Å²) >= 11 is 3.69. The van der Waals surface area contributed by atoms with E-state index in [1.54, 1.807) is 6.07 Å². The van der Waals surface area contributed by atoms with Crippen LogP contribution in [0.5, 0.6) is 0 Å². The molecule has 6 heteroatoms. The standard InChI is InChI=1S/C38H28BBrN2O2/c40-29-17-19-34-33(23-29)37(38(41-34)26-7-3-1-4-8-26)25-13-11-24(12-14-25)27-15-18-31-32-22-28(39(43)44)16-20-35(32)42(36(31)21-27)30-9-5-2-6-10-30/h1-11,13,15-23,41,43-44H,12,14H2. The molecule has 2 aromatic heterocycles. The Morgan fingerprint density at radius 2 is 1.39 bits per heavy atom. The van der Waals surface area contributed by atoms with E-state index in [0.717, 1.165) is 56.0 Å². The van der Waals surface area contributed by atoms with Crippen LogP contribution >= 0.6 is 15.9 Å². The normalized spacial score (nSPS) is 13.4. The first-order chi connectivity index (χ1) is 21.5. The molecule has 0 amide bonds. The van der Waals surface area contributed by atoms with Crippen LogP contribution in [0, 0.1) is 0 Å². The molecule has 8 rings (SSSR count). The number of nitrogens with one attached hydrogen (secondary N) is 1. The second-order valence-electron chi connectivity index (χ2n) is 11.4. The largest absolute Gasteiger partial charge is 0.488 e. The number of halogens is 1. The Labute approximate surface area is 263 Å². The van der Waals surface area contributed by atoms with E-state index in [1.807, 2.05) is 30.3 Å². The van der Waals surface area contributed by atoms with E-state index < -0.39 is 7.12 Å². The van der Waals surface area contributed by atoms with Gasteiger partial charge in [0.05, 0.1) is 16.7 Å². The summed E-state index contributed by atoms with van der Waals surface area (Å²) in [5.41, 5.74) is 12.2. The van der Waals surface area contributed by atoms with Crippen LogP contribution in [-0.2, 0) is 0 Å². The third-order valence-electron chi connectivity index (χ3n) is 8.77. The van der Waals surface area contributed by atoms with Gasteiger partial charge in [0.2, 0.25) is 0 Å². The molecule has 0 aliphatic heterocycles. The molecule has 1 aliphatic carbocycles. The molecule has 44 heavy (non-hydrogen) atoms. The smallest absolute Gasteiger partial charge is 0.423 e. The van der Waals surface area contributed by atoms with Crippen molar-refractivity contribution in [2.24, 2.45) is 0 Å². The van der Waals surface area contributed by atoms with Gasteiger partial charge in [-0.15, -0.1) is 0 Å². The lowest BCUT2D eigenvalue weighted by atomic mass is 9.80. The van der Waals surface area contributed by atoms with E-state index in [4.69, 9.17) is 0 Å². The van der Waals surface area contributed by atoms with Crippen LogP contribution < -0.4 is 5.46 Å². The van der Waals surface area contributed by atoms with E-state index >= 15 is 0 Å². The Kier molecular flexibility index (Phi) is 6.64. The Balaban J connectivity index is 1.26. The van der Waals surface area contributed by atoms with Gasteiger partial charge in [0.25, 0.3) is 0 Å². The van der Waals surface area contributed by atoms with Crippen molar-refractivity contribution >= 4 is 72.4 Å². The van der Waals surface area contributed by atoms with Gasteiger partial charge in [-0.05, 0) is 83.0 Å². The van der Waals surface area contributed by atoms with Crippen LogP contribution in [-0.4, -0.2) is 26.7 Å². The minimum atomic E-state index is -1.51. The second kappa shape index (κ2) is 10.8. The number of allylic oxidation sites excluding steroid dienone is 4. The van der Waals surface area contributed by atoms with Crippen molar-refractivity contribution in [1.82, 2.24) is 9.55 Å². The number of para-hydroxylation sites is 1. The summed E-state index contributed by atoms with van der Waals surface area (Å²) in [4.78, 5) is 3.70. The minimum absolute atomic E-state index is 0.487. The van der Waals surface area contributed by atoms with Crippen LogP contribution in [0.15, 0.2) is 132 Å². The molecule has 0 fully saturated rings. The highest BCUT2D eigenvalue weighted by Gasteiger charge is 2.21. The van der Waals surface area contributed by atoms with Crippen LogP contribution in [0.4, 0.5) is 0 Å². The van der Waals surface area contributed by atoms with Crippen LogP contribution in [0.2, 0.25) is 0 Å². The third kappa shape index (κ3) is 4.54. The summed E-state index contributed by atoms with van der Waals surface area (Å²) in [5, 5.41) is 23.0. The number of benzene rings is 5. The zero-order chi connectivity index (χ0) is 29.8. The maximum atomic E-state index is 9.87. The van der Waals surface area contributed by atoms with Gasteiger partial charge in [-0.2, -0.15) is 0 Å². The predicted octanol–water partition coefficient (Wildman–Crippen LogP) is 8.64. The van der Waals surface area contributed by atoms with E-state index in [-0.39, 0.29) is 0 Å². The van der Waals surface area contributed by atoms with E-state index in [0.29, 0.717) is 5.46 Å². The molecule has 7 aromatic rings. The van der Waals surface area contributed by atoms with Gasteiger partial charge in [0.1, 0.15) is 0 Å². The minimum Gasteiger partial charge on any atom is -0.423 e. The van der Waals surface area contributed by atoms with Crippen molar-refractivity contribution < 1.29 is 10.0 Å². The molecule has 0 unspecified atom stereocenters. The molecule has 0 saturated carbocycles. The predicted molar refractivity (Wildman–Crippen MR) is 187 cm³/mol. The summed E-state index contributed by atoms with van der Waals surface area (Å²) in [6, 6.07) is 39.6. The molecule has 0 atom stereocenters. The Bertz CT molecular complexity index is 2260. The zero-order valence-corrected chi connectivity index (χ0v) is 25.4. The second-order valence-corrected chi connectivity index (χ2v) is 12.3. The number of nitrogens with zero attached hydrogens (tertiary/aromatic N) is 1. The van der Waals surface area contributed by atoms with Crippen molar-refractivity contribution in [1.29, 1.82) is 0 Å². The Hall–Kier alpha value is -4.62. The van der Waals surface area contributed by atoms with Gasteiger partial charge in [-0.3, -0.25) is 0 Å². The topological polar surface area (TPSA) is 61.2 Å². The molecular formula is C38H28BBrN2O2. The maximum absolute atomic E-state index is 9.87. The van der Waals surface area contributed by atoms with E-state index in [9.17, 15) is 10.0 Å². The molecular weight excluding hydrogens is 607 g/mol. The van der Waals surface area contributed by atoms with Crippen LogP contribution in [0.3, 0.4) is 0 Å². The van der Waals surface area contributed by atoms with Gasteiger partial charge < -0.3 is 19.6 Å². The highest BCUT2D eigenvalue weighted by atomic mass is 79.9. The number of aromatic nitrogens is 2. The average Bonchev–Trinajstić information content (AvgIpc) is 3.60. The first kappa shape index (κ1) is 27.0. The fraction of sp³-hybridized carbons (Fsp3) is 0.0526. The lowest BCUT2D eigenvalue weighted by molar-refractivity contribution is 0.426. The van der Waals surface area contributed by atoms with Gasteiger partial charge in [-0.25, -0.2) is 0 Å². The number of aromatic amines is 1. The number of hydrogen-bond acceptors (Lipinski definition) is 2. The van der Waals surface area contributed by atoms with Gasteiger partial charge in [0.15, 0.2) is 0 Å². The van der Waals surface area contributed by atoms with Gasteiger partial charge >= 0.3 is 7.12 Å². The molecule has 0 saturated heterocycles. The molecule has 0 bridgehead atoms. The first-order valence-corrected chi connectivity index (χ1v) is 15.6. The maximum Gasteiger partial charge on any atom is 0.488 e. The molecule has 4 nitrogen and oxygen atoms in total. The first-order valence-electron chi connectivity index (χ1n) is 14.8. The van der Waals surface area contributed by atoms with Crippen molar-refractivity contribution in [3.8, 4) is 16.9 Å². The molecule has 0 radical (unpaired) electrons. The van der Waals surface area contributed by atoms with E-state index in [2.05, 4.69) is 116 Å². The highest BCUT2D eigenvalue weighted by molar-refractivity contribution is 9.10. The third-order valence-corrected chi connectivity index (χ3v) is 9.26. The van der Waals surface area contributed by atoms with Crippen LogP contribution in [0.25, 0.3) is 60.8 Å². The van der Waals surface area contributed by atoms with Crippen LogP contribution in [0.1, 0.15) is 24.0 Å². The summed E-state index contributed by atoms with van der Waals surface area (Å²) < 4.78 is 3.34. The molecule has 1 aliphatic rings. The molecule has 212 valence electrons. The fourth-order valence-electron chi connectivity index (χ4n) is 6.66. The molecule has 2 heterocycles. The number of rotatable bonds is 5. The summed E-state index contributed by atoms with van der Waals surface area (Å²) in [7, 11) is -1.51. The SMILES string of the molecule is OB(O)c1ccc2c(c1)c1ccc(C3=CC=C(c4c(-c5ccccc5)[nH]c5ccc(Br)cc45)CC3)cc1n2-c1ccccc1. The highest BCUT2D eigenvalue weighted by Crippen LogP contribution is 2.42. The lowest BCUT2D eigenvalue weighted by Crippen LogP contribution is -2.29. The van der Waals surface area contributed by atoms with E-state index in [1.165, 1.54) is 33.2 Å². The number of hydrogen-bond donors (Lipinski definition) is 3. The fourth-order valence-corrected chi connectivity index (χ4v) is 7.02. The summed E-state index contributed by atoms with van der Waals surface area (Å²) in [5.74, 6) is 0.